The van der Waals surface area contributed by atoms with E-state index >= 15 is 0 Å². The number of nitrogens with one attached hydrogen (secondary N) is 3. The van der Waals surface area contributed by atoms with Gasteiger partial charge >= 0.3 is 5.97 Å². The normalized spacial score (nSPS) is 14.5. The number of benzene rings is 3. The quantitative estimate of drug-likeness (QED) is 0.0113. The van der Waals surface area contributed by atoms with Crippen LogP contribution < -0.4 is 25.6 Å². The molecule has 0 radical (unpaired) electrons. The van der Waals surface area contributed by atoms with Crippen molar-refractivity contribution < 1.29 is 112 Å². The predicted molar refractivity (Wildman–Crippen MR) is 349 cm³/mol. The molecule has 24 nitrogen and oxygen atoms in total. The average Bonchev–Trinajstić information content (AvgIpc) is 0.844. The van der Waals surface area contributed by atoms with Crippen LogP contribution >= 0.6 is 0 Å². The van der Waals surface area contributed by atoms with Crippen molar-refractivity contribution in [2.45, 2.75) is 89.6 Å². The number of carbonyl (C=O) groups excluding carboxylic acids is 6. The van der Waals surface area contributed by atoms with Crippen LogP contribution in [0.5, 0.6) is 5.75 Å². The molecule has 99 heavy (non-hydrogen) atoms. The fraction of sp³-hybridized carbons (Fsp3) is 0.629. The van der Waals surface area contributed by atoms with Crippen molar-refractivity contribution in [3.05, 3.63) is 94.3 Å². The summed E-state index contributed by atoms with van der Waals surface area (Å²) in [6.45, 7) is 9.70. The average molecular weight is 1410 g/mol. The van der Waals surface area contributed by atoms with E-state index in [4.69, 9.17) is 56.8 Å². The van der Waals surface area contributed by atoms with E-state index in [-0.39, 0.29) is 56.5 Å². The molecule has 0 unspecified atom stereocenters. The standard InChI is InChI=1S/C70H96F5N5O19/c1-87-28-29-89-32-33-91-36-37-93-40-41-95-44-45-97-48-49-98-47-46-96-43-42-94-39-38-92-35-34-90-31-30-88-27-19-58(81)77-50-56(69(86)76-24-18-61(84)99-67-65(74)63(72)62(71)64(73)66(67)75)78-68(85)54-16-20-70(21-17-54)22-25-79(26-23-70)59(82)12-6-7-13-60(83)80-51-55-10-3-2-8-52(55)14-15-53-9-4-5-11-57(53)80/h2-5,8-11,54,56H,6-7,12-13,16-51H2,1H3,(H,76,86)(H,77,81)(H,78,85)/t56-/m0/s1. The van der Waals surface area contributed by atoms with Gasteiger partial charge in [-0.05, 0) is 80.5 Å². The summed E-state index contributed by atoms with van der Waals surface area (Å²) < 4.78 is 139. The van der Waals surface area contributed by atoms with Gasteiger partial charge in [-0.1, -0.05) is 42.2 Å². The summed E-state index contributed by atoms with van der Waals surface area (Å²) in [5.74, 6) is -11.0. The molecule has 0 aromatic heterocycles. The molecule has 6 rings (SSSR count). The second kappa shape index (κ2) is 47.3. The third-order valence-corrected chi connectivity index (χ3v) is 16.6. The number of methoxy groups -OCH3 is 1. The highest BCUT2D eigenvalue weighted by Crippen LogP contribution is 2.46. The Morgan fingerprint density at radius 2 is 0.939 bits per heavy atom. The molecule has 1 spiro atoms. The highest BCUT2D eigenvalue weighted by Gasteiger charge is 2.41. The van der Waals surface area contributed by atoms with E-state index in [2.05, 4.69) is 32.5 Å². The van der Waals surface area contributed by atoms with E-state index in [0.717, 1.165) is 35.2 Å². The first kappa shape index (κ1) is 81.2. The first-order valence-corrected chi connectivity index (χ1v) is 33.9. The Bertz CT molecular complexity index is 2970. The highest BCUT2D eigenvalue weighted by atomic mass is 19.2. The Hall–Kier alpha value is -6.79. The third-order valence-electron chi connectivity index (χ3n) is 16.6. The SMILES string of the molecule is COCCOCCOCCOCCOCCOCCOCCOCCOCCOCCOCCOCCC(=O)NC[C@H](NC(=O)C1CCC2(CC1)CCN(C(=O)CCCCC(=O)N1Cc3ccccc3C#Cc3ccccc31)CC2)C(=O)NCCC(=O)Oc1c(F)c(F)c(F)c(F)c1F. The lowest BCUT2D eigenvalue weighted by Gasteiger charge is -2.45. The molecular weight excluding hydrogens is 1310 g/mol. The number of piperidine rings is 1. The largest absolute Gasteiger partial charge is 0.420 e. The molecule has 0 bridgehead atoms. The first-order chi connectivity index (χ1) is 48.2. The second-order valence-corrected chi connectivity index (χ2v) is 23.5. The van der Waals surface area contributed by atoms with Crippen molar-refractivity contribution in [3.63, 3.8) is 0 Å². The lowest BCUT2D eigenvalue weighted by Crippen LogP contribution is -2.54. The third kappa shape index (κ3) is 30.1. The van der Waals surface area contributed by atoms with Gasteiger partial charge in [-0.2, -0.15) is 8.78 Å². The number of hydrogen-bond donors (Lipinski definition) is 3. The number of carbonyl (C=O) groups is 6. The minimum Gasteiger partial charge on any atom is -0.420 e. The number of hydrogen-bond acceptors (Lipinski definition) is 19. The summed E-state index contributed by atoms with van der Waals surface area (Å²) in [6.07, 6.45) is 4.62. The molecule has 550 valence electrons. The summed E-state index contributed by atoms with van der Waals surface area (Å²) in [4.78, 5) is 83.6. The molecule has 5 amide bonds. The van der Waals surface area contributed by atoms with E-state index < -0.39 is 90.0 Å². The topological polar surface area (TPSA) is 265 Å². The van der Waals surface area contributed by atoms with E-state index in [1.165, 1.54) is 0 Å². The van der Waals surface area contributed by atoms with Crippen LogP contribution in [0.2, 0.25) is 0 Å². The molecule has 1 saturated carbocycles. The van der Waals surface area contributed by atoms with E-state index in [1.54, 1.807) is 12.0 Å². The van der Waals surface area contributed by atoms with E-state index in [9.17, 15) is 50.7 Å². The Kier molecular flexibility index (Phi) is 38.8. The maximum atomic E-state index is 14.2. The molecule has 2 heterocycles. The molecule has 3 aromatic carbocycles. The van der Waals surface area contributed by atoms with Crippen LogP contribution in [0.1, 0.15) is 93.7 Å². The minimum absolute atomic E-state index is 0.00964. The predicted octanol–water partition coefficient (Wildman–Crippen LogP) is 5.92. The number of fused-ring (bicyclic) bond motifs is 2. The van der Waals surface area contributed by atoms with Gasteiger partial charge in [0.05, 0.1) is 171 Å². The van der Waals surface area contributed by atoms with Crippen molar-refractivity contribution in [1.82, 2.24) is 20.9 Å². The van der Waals surface area contributed by atoms with Gasteiger partial charge in [0.2, 0.25) is 64.4 Å². The van der Waals surface area contributed by atoms with Gasteiger partial charge in [0.25, 0.3) is 0 Å². The smallest absolute Gasteiger partial charge is 0.313 e. The van der Waals surface area contributed by atoms with E-state index in [1.807, 2.05) is 53.4 Å². The monoisotopic (exact) mass is 1410 g/mol. The Labute approximate surface area is 575 Å². The zero-order valence-electron chi connectivity index (χ0n) is 56.6. The van der Waals surface area contributed by atoms with E-state index in [0.29, 0.717) is 190 Å². The summed E-state index contributed by atoms with van der Waals surface area (Å²) in [6, 6.07) is 14.0. The molecule has 1 atom stereocenters. The lowest BCUT2D eigenvalue weighted by molar-refractivity contribution is -0.136. The molecular formula is C70H96F5N5O19. The summed E-state index contributed by atoms with van der Waals surface area (Å²) in [5.41, 5.74) is 3.29. The summed E-state index contributed by atoms with van der Waals surface area (Å²) in [5, 5.41) is 7.70. The number of rotatable bonds is 50. The van der Waals surface area contributed by atoms with Crippen molar-refractivity contribution in [3.8, 4) is 17.6 Å². The Morgan fingerprint density at radius 1 is 0.505 bits per heavy atom. The van der Waals surface area contributed by atoms with Crippen molar-refractivity contribution in [2.75, 3.05) is 190 Å². The molecule has 29 heteroatoms. The number of para-hydroxylation sites is 1. The zero-order chi connectivity index (χ0) is 70.7. The van der Waals surface area contributed by atoms with Gasteiger partial charge < -0.3 is 87.3 Å². The van der Waals surface area contributed by atoms with Crippen molar-refractivity contribution >= 4 is 41.2 Å². The number of likely N-dealkylation sites (tertiary alicyclic amines) is 1. The second-order valence-electron chi connectivity index (χ2n) is 23.5. The van der Waals surface area contributed by atoms with Crippen LogP contribution in [0.25, 0.3) is 0 Å². The number of amides is 5. The van der Waals surface area contributed by atoms with Gasteiger partial charge in [-0.25, -0.2) is 13.2 Å². The summed E-state index contributed by atoms with van der Waals surface area (Å²) in [7, 11) is 1.63. The molecule has 2 fully saturated rings. The maximum absolute atomic E-state index is 14.2. The van der Waals surface area contributed by atoms with Gasteiger partial charge in [0, 0.05) is 69.6 Å². The zero-order valence-corrected chi connectivity index (χ0v) is 56.6. The van der Waals surface area contributed by atoms with Gasteiger partial charge in [-0.3, -0.25) is 28.8 Å². The van der Waals surface area contributed by atoms with Gasteiger partial charge in [0.15, 0.2) is 0 Å². The number of halogens is 5. The molecule has 3 N–H and O–H groups in total. The molecule has 3 aliphatic rings. The summed E-state index contributed by atoms with van der Waals surface area (Å²) >= 11 is 0. The van der Waals surface area contributed by atoms with Gasteiger partial charge in [0.1, 0.15) is 6.04 Å². The number of nitrogens with zero attached hydrogens (tertiary/aromatic N) is 2. The molecule has 1 saturated heterocycles. The van der Waals surface area contributed by atoms with Crippen LogP contribution in [0, 0.1) is 52.3 Å². The molecule has 2 aliphatic heterocycles. The van der Waals surface area contributed by atoms with Crippen LogP contribution in [-0.4, -0.2) is 232 Å². The molecule has 1 aliphatic carbocycles. The number of esters is 1. The van der Waals surface area contributed by atoms with Gasteiger partial charge in [-0.15, -0.1) is 0 Å². The minimum atomic E-state index is -2.44. The number of anilines is 1. The van der Waals surface area contributed by atoms with Crippen molar-refractivity contribution in [2.24, 2.45) is 11.3 Å². The molecule has 3 aromatic rings. The lowest BCUT2D eigenvalue weighted by atomic mass is 9.65. The highest BCUT2D eigenvalue weighted by molar-refractivity contribution is 5.95. The van der Waals surface area contributed by atoms with Crippen LogP contribution in [0.4, 0.5) is 27.6 Å². The maximum Gasteiger partial charge on any atom is 0.313 e. The van der Waals surface area contributed by atoms with Crippen LogP contribution in [0.15, 0.2) is 48.5 Å². The first-order valence-electron chi connectivity index (χ1n) is 33.9. The number of ether oxygens (including phenoxy) is 13. The Morgan fingerprint density at radius 3 is 1.44 bits per heavy atom. The number of unbranched alkanes of at least 4 members (excludes halogenated alkanes) is 1. The van der Waals surface area contributed by atoms with Crippen LogP contribution in [0.3, 0.4) is 0 Å². The fourth-order valence-corrected chi connectivity index (χ4v) is 10.9. The van der Waals surface area contributed by atoms with Crippen molar-refractivity contribution in [1.29, 1.82) is 0 Å². The fourth-order valence-electron chi connectivity index (χ4n) is 10.9. The Balaban J connectivity index is 0.792. The van der Waals surface area contributed by atoms with Crippen LogP contribution in [-0.2, 0) is 92.2 Å².